The molecule has 2 aliphatic rings. The van der Waals surface area contributed by atoms with Crippen LogP contribution in [0.25, 0.3) is 0 Å². The second-order valence-corrected chi connectivity index (χ2v) is 5.05. The van der Waals surface area contributed by atoms with Crippen LogP contribution >= 0.6 is 0 Å². The predicted molar refractivity (Wildman–Crippen MR) is 45.7 cm³/mol. The number of rotatable bonds is 2. The SMILES string of the molecule is CC1(C)C(C(=O)O)C1(C)C1CC1. The molecule has 0 radical (unpaired) electrons. The van der Waals surface area contributed by atoms with E-state index in [-0.39, 0.29) is 16.7 Å². The van der Waals surface area contributed by atoms with Crippen molar-refractivity contribution in [3.8, 4) is 0 Å². The van der Waals surface area contributed by atoms with Gasteiger partial charge in [0.05, 0.1) is 5.92 Å². The molecule has 0 heterocycles. The van der Waals surface area contributed by atoms with E-state index in [9.17, 15) is 4.79 Å². The fourth-order valence-corrected chi connectivity index (χ4v) is 3.02. The lowest BCUT2D eigenvalue weighted by molar-refractivity contribution is -0.140. The molecule has 0 aromatic heterocycles. The fourth-order valence-electron chi connectivity index (χ4n) is 3.02. The van der Waals surface area contributed by atoms with Crippen LogP contribution in [0.4, 0.5) is 0 Å². The number of carboxylic acids is 1. The summed E-state index contributed by atoms with van der Waals surface area (Å²) in [4.78, 5) is 10.9. The van der Waals surface area contributed by atoms with Gasteiger partial charge in [0.15, 0.2) is 0 Å². The molecule has 0 aromatic rings. The summed E-state index contributed by atoms with van der Waals surface area (Å²) in [5.74, 6) is -0.0134. The number of carbonyl (C=O) groups is 1. The van der Waals surface area contributed by atoms with Gasteiger partial charge in [-0.2, -0.15) is 0 Å². The van der Waals surface area contributed by atoms with E-state index in [1.807, 2.05) is 0 Å². The monoisotopic (exact) mass is 168 g/mol. The minimum Gasteiger partial charge on any atom is -0.481 e. The van der Waals surface area contributed by atoms with Crippen molar-refractivity contribution in [1.82, 2.24) is 0 Å². The Bertz CT molecular complexity index is 240. The summed E-state index contributed by atoms with van der Waals surface area (Å²) in [6.45, 7) is 6.32. The highest BCUT2D eigenvalue weighted by Gasteiger charge is 2.75. The Morgan fingerprint density at radius 3 is 2.08 bits per heavy atom. The van der Waals surface area contributed by atoms with Crippen molar-refractivity contribution in [3.63, 3.8) is 0 Å². The first-order valence-electron chi connectivity index (χ1n) is 4.65. The lowest BCUT2D eigenvalue weighted by atomic mass is 9.93. The maximum Gasteiger partial charge on any atom is 0.307 e. The highest BCUT2D eigenvalue weighted by atomic mass is 16.4. The molecule has 0 aliphatic heterocycles. The summed E-state index contributed by atoms with van der Waals surface area (Å²) < 4.78 is 0. The van der Waals surface area contributed by atoms with Gasteiger partial charge in [-0.15, -0.1) is 0 Å². The van der Waals surface area contributed by atoms with Crippen molar-refractivity contribution < 1.29 is 9.90 Å². The van der Waals surface area contributed by atoms with Crippen LogP contribution in [0.15, 0.2) is 0 Å². The van der Waals surface area contributed by atoms with Crippen molar-refractivity contribution in [2.45, 2.75) is 33.6 Å². The molecule has 0 amide bonds. The summed E-state index contributed by atoms with van der Waals surface area (Å²) >= 11 is 0. The van der Waals surface area contributed by atoms with E-state index < -0.39 is 5.97 Å². The van der Waals surface area contributed by atoms with Gasteiger partial charge in [-0.05, 0) is 29.6 Å². The number of carboxylic acid groups (broad SMARTS) is 1. The standard InChI is InChI=1S/C10H16O2/c1-9(2)7(8(11)12)10(9,3)6-4-5-6/h6-7H,4-5H2,1-3H3,(H,11,12). The molecule has 2 fully saturated rings. The molecular formula is C10H16O2. The van der Waals surface area contributed by atoms with Crippen LogP contribution in [0, 0.1) is 22.7 Å². The Morgan fingerprint density at radius 2 is 1.83 bits per heavy atom. The summed E-state index contributed by atoms with van der Waals surface area (Å²) in [7, 11) is 0. The van der Waals surface area contributed by atoms with Gasteiger partial charge in [0.25, 0.3) is 0 Å². The highest BCUT2D eigenvalue weighted by Crippen LogP contribution is 2.76. The van der Waals surface area contributed by atoms with Gasteiger partial charge in [0.1, 0.15) is 0 Å². The first kappa shape index (κ1) is 8.09. The van der Waals surface area contributed by atoms with E-state index in [2.05, 4.69) is 20.8 Å². The van der Waals surface area contributed by atoms with Crippen LogP contribution in [0.5, 0.6) is 0 Å². The summed E-state index contributed by atoms with van der Waals surface area (Å²) in [5.41, 5.74) is 0.124. The van der Waals surface area contributed by atoms with Gasteiger partial charge in [0.2, 0.25) is 0 Å². The Morgan fingerprint density at radius 1 is 1.33 bits per heavy atom. The molecule has 1 N–H and O–H groups in total. The Labute approximate surface area is 73.0 Å². The molecule has 2 unspecified atom stereocenters. The van der Waals surface area contributed by atoms with Gasteiger partial charge >= 0.3 is 5.97 Å². The molecule has 0 bridgehead atoms. The lowest BCUT2D eigenvalue weighted by Crippen LogP contribution is -2.08. The molecule has 12 heavy (non-hydrogen) atoms. The lowest BCUT2D eigenvalue weighted by Gasteiger charge is -2.11. The predicted octanol–water partition coefficient (Wildman–Crippen LogP) is 2.14. The van der Waals surface area contributed by atoms with Crippen LogP contribution in [0.3, 0.4) is 0 Å². The number of hydrogen-bond acceptors (Lipinski definition) is 1. The van der Waals surface area contributed by atoms with Gasteiger partial charge in [0, 0.05) is 0 Å². The normalized spacial score (nSPS) is 44.1. The first-order chi connectivity index (χ1) is 5.42. The maximum atomic E-state index is 10.9. The van der Waals surface area contributed by atoms with E-state index >= 15 is 0 Å². The van der Waals surface area contributed by atoms with E-state index in [4.69, 9.17) is 5.11 Å². The minimum atomic E-state index is -0.602. The van der Waals surface area contributed by atoms with Gasteiger partial charge in [-0.3, -0.25) is 4.79 Å². The van der Waals surface area contributed by atoms with Gasteiger partial charge in [-0.1, -0.05) is 20.8 Å². The van der Waals surface area contributed by atoms with E-state index in [1.165, 1.54) is 12.8 Å². The second kappa shape index (κ2) is 1.86. The molecule has 2 nitrogen and oxygen atoms in total. The highest BCUT2D eigenvalue weighted by molar-refractivity contribution is 5.77. The second-order valence-electron chi connectivity index (χ2n) is 5.05. The third-order valence-electron chi connectivity index (χ3n) is 4.30. The minimum absolute atomic E-state index is 0.0278. The Kier molecular flexibility index (Phi) is 1.25. The van der Waals surface area contributed by atoms with E-state index in [0.29, 0.717) is 5.92 Å². The van der Waals surface area contributed by atoms with Crippen molar-refractivity contribution in [3.05, 3.63) is 0 Å². The van der Waals surface area contributed by atoms with Gasteiger partial charge < -0.3 is 5.11 Å². The molecule has 2 heteroatoms. The van der Waals surface area contributed by atoms with Crippen molar-refractivity contribution in [1.29, 1.82) is 0 Å². The van der Waals surface area contributed by atoms with Crippen LogP contribution in [-0.2, 0) is 4.79 Å². The molecule has 68 valence electrons. The quantitative estimate of drug-likeness (QED) is 0.686. The smallest absolute Gasteiger partial charge is 0.307 e. The molecule has 2 aliphatic carbocycles. The van der Waals surface area contributed by atoms with Crippen LogP contribution in [0.1, 0.15) is 33.6 Å². The molecule has 2 rings (SSSR count). The summed E-state index contributed by atoms with van der Waals surface area (Å²) in [6, 6.07) is 0. The molecular weight excluding hydrogens is 152 g/mol. The number of hydrogen-bond donors (Lipinski definition) is 1. The van der Waals surface area contributed by atoms with E-state index in [0.717, 1.165) is 0 Å². The third-order valence-corrected chi connectivity index (χ3v) is 4.30. The van der Waals surface area contributed by atoms with Crippen molar-refractivity contribution >= 4 is 5.97 Å². The van der Waals surface area contributed by atoms with Crippen LogP contribution in [-0.4, -0.2) is 11.1 Å². The Hall–Kier alpha value is -0.530. The van der Waals surface area contributed by atoms with Crippen molar-refractivity contribution in [2.75, 3.05) is 0 Å². The number of aliphatic carboxylic acids is 1. The average molecular weight is 168 g/mol. The first-order valence-corrected chi connectivity index (χ1v) is 4.65. The molecule has 2 atom stereocenters. The summed E-state index contributed by atoms with van der Waals surface area (Å²) in [6.07, 6.45) is 2.48. The Balaban J connectivity index is 2.24. The largest absolute Gasteiger partial charge is 0.481 e. The topological polar surface area (TPSA) is 37.3 Å². The van der Waals surface area contributed by atoms with Crippen molar-refractivity contribution in [2.24, 2.45) is 22.7 Å². The zero-order valence-corrected chi connectivity index (χ0v) is 7.92. The molecule has 0 saturated heterocycles. The van der Waals surface area contributed by atoms with E-state index in [1.54, 1.807) is 0 Å². The van der Waals surface area contributed by atoms with Gasteiger partial charge in [-0.25, -0.2) is 0 Å². The van der Waals surface area contributed by atoms with Crippen LogP contribution < -0.4 is 0 Å². The zero-order valence-electron chi connectivity index (χ0n) is 7.92. The zero-order chi connectivity index (χ0) is 9.15. The third kappa shape index (κ3) is 0.686. The van der Waals surface area contributed by atoms with Crippen LogP contribution in [0.2, 0.25) is 0 Å². The molecule has 0 aromatic carbocycles. The fraction of sp³-hybridized carbons (Fsp3) is 0.900. The molecule has 2 saturated carbocycles. The summed E-state index contributed by atoms with van der Waals surface area (Å²) in [5, 5.41) is 9.00. The average Bonchev–Trinajstić information content (AvgIpc) is 2.69. The molecule has 0 spiro atoms. The maximum absolute atomic E-state index is 10.9.